The van der Waals surface area contributed by atoms with Gasteiger partial charge in [-0.3, -0.25) is 14.7 Å². The number of nitrogens with zero attached hydrogens (tertiary/aromatic N) is 3. The van der Waals surface area contributed by atoms with Gasteiger partial charge in [0.1, 0.15) is 0 Å². The fraction of sp³-hybridized carbons (Fsp3) is 0.357. The van der Waals surface area contributed by atoms with E-state index >= 15 is 0 Å². The van der Waals surface area contributed by atoms with E-state index in [4.69, 9.17) is 0 Å². The number of aromatic nitrogens is 1. The lowest BCUT2D eigenvalue weighted by Crippen LogP contribution is -2.67. The van der Waals surface area contributed by atoms with Crippen LogP contribution in [0, 0.1) is 6.92 Å². The molecule has 3 atom stereocenters. The van der Waals surface area contributed by atoms with E-state index in [1.54, 1.807) is 12.4 Å². The normalized spacial score (nSPS) is 23.2. The van der Waals surface area contributed by atoms with Gasteiger partial charge in [-0.25, -0.2) is 0 Å². The number of hydrogen-bond donors (Lipinski definition) is 1. The Labute approximate surface area is 195 Å². The van der Waals surface area contributed by atoms with E-state index in [-0.39, 0.29) is 30.5 Å². The molecule has 170 valence electrons. The van der Waals surface area contributed by atoms with Crippen molar-refractivity contribution in [1.82, 2.24) is 14.8 Å². The van der Waals surface area contributed by atoms with Gasteiger partial charge in [0.25, 0.3) is 5.91 Å². The van der Waals surface area contributed by atoms with Crippen LogP contribution in [0.5, 0.6) is 0 Å². The Morgan fingerprint density at radius 3 is 2.58 bits per heavy atom. The molecule has 0 saturated carbocycles. The van der Waals surface area contributed by atoms with Crippen LogP contribution in [0.15, 0.2) is 73.1 Å². The van der Waals surface area contributed by atoms with Crippen molar-refractivity contribution in [3.63, 3.8) is 0 Å². The fourth-order valence-corrected chi connectivity index (χ4v) is 5.52. The zero-order valence-electron chi connectivity index (χ0n) is 19.1. The Morgan fingerprint density at radius 1 is 1.03 bits per heavy atom. The summed E-state index contributed by atoms with van der Waals surface area (Å²) in [6.45, 7) is 4.66. The molecule has 33 heavy (non-hydrogen) atoms. The third-order valence-corrected chi connectivity index (χ3v) is 7.21. The number of carbonyl (C=O) groups excluding carboxylic acids is 1. The summed E-state index contributed by atoms with van der Waals surface area (Å²) in [6.07, 6.45) is 5.35. The van der Waals surface area contributed by atoms with Crippen molar-refractivity contribution in [2.75, 3.05) is 26.2 Å². The van der Waals surface area contributed by atoms with Gasteiger partial charge in [0, 0.05) is 43.5 Å². The number of amides is 1. The molecule has 3 aromatic rings. The SMILES string of the molecule is Cc1cccc(-c2ccc([C@H]3[C@@H](CO)N4CCCCN(C(=O)c5cccnc5)C[C@H]34)cc2)c1. The van der Waals surface area contributed by atoms with Crippen molar-refractivity contribution < 1.29 is 9.90 Å². The molecule has 1 amide bonds. The number of aliphatic hydroxyl groups excluding tert-OH is 1. The van der Waals surface area contributed by atoms with Gasteiger partial charge in [-0.2, -0.15) is 0 Å². The lowest BCUT2D eigenvalue weighted by molar-refractivity contribution is -0.0606. The van der Waals surface area contributed by atoms with Crippen molar-refractivity contribution in [3.05, 3.63) is 89.7 Å². The van der Waals surface area contributed by atoms with Gasteiger partial charge >= 0.3 is 0 Å². The summed E-state index contributed by atoms with van der Waals surface area (Å²) in [5, 5.41) is 10.2. The molecule has 2 aliphatic heterocycles. The molecule has 2 aliphatic rings. The predicted molar refractivity (Wildman–Crippen MR) is 130 cm³/mol. The number of hydrogen-bond acceptors (Lipinski definition) is 4. The second kappa shape index (κ2) is 9.46. The summed E-state index contributed by atoms with van der Waals surface area (Å²) in [5.74, 6) is 0.259. The first kappa shape index (κ1) is 21.8. The molecule has 2 fully saturated rings. The van der Waals surface area contributed by atoms with Gasteiger partial charge in [0.15, 0.2) is 0 Å². The van der Waals surface area contributed by atoms with Crippen LogP contribution in [0.25, 0.3) is 11.1 Å². The molecule has 0 radical (unpaired) electrons. The second-order valence-electron chi connectivity index (χ2n) is 9.27. The number of benzene rings is 2. The molecular formula is C28H31N3O2. The number of carbonyl (C=O) groups is 1. The van der Waals surface area contributed by atoms with E-state index in [0.717, 1.165) is 25.9 Å². The maximum absolute atomic E-state index is 13.2. The maximum atomic E-state index is 13.2. The first-order valence-corrected chi connectivity index (χ1v) is 11.9. The summed E-state index contributed by atoms with van der Waals surface area (Å²) < 4.78 is 0. The molecule has 2 saturated heterocycles. The number of aliphatic hydroxyl groups is 1. The van der Waals surface area contributed by atoms with E-state index in [9.17, 15) is 9.90 Å². The molecule has 1 N–H and O–H groups in total. The van der Waals surface area contributed by atoms with Crippen LogP contribution >= 0.6 is 0 Å². The van der Waals surface area contributed by atoms with Gasteiger partial charge in [-0.15, -0.1) is 0 Å². The Bertz CT molecular complexity index is 1100. The molecule has 3 heterocycles. The quantitative estimate of drug-likeness (QED) is 0.662. The third kappa shape index (κ3) is 4.31. The van der Waals surface area contributed by atoms with Crippen molar-refractivity contribution in [3.8, 4) is 11.1 Å². The largest absolute Gasteiger partial charge is 0.395 e. The highest BCUT2D eigenvalue weighted by molar-refractivity contribution is 5.93. The summed E-state index contributed by atoms with van der Waals surface area (Å²) >= 11 is 0. The smallest absolute Gasteiger partial charge is 0.255 e. The Balaban J connectivity index is 1.39. The van der Waals surface area contributed by atoms with Crippen molar-refractivity contribution in [2.24, 2.45) is 0 Å². The zero-order valence-corrected chi connectivity index (χ0v) is 19.1. The van der Waals surface area contributed by atoms with Crippen LogP contribution in [0.2, 0.25) is 0 Å². The molecule has 5 heteroatoms. The molecular weight excluding hydrogens is 410 g/mol. The molecule has 0 unspecified atom stereocenters. The minimum Gasteiger partial charge on any atom is -0.395 e. The highest BCUT2D eigenvalue weighted by atomic mass is 16.3. The fourth-order valence-electron chi connectivity index (χ4n) is 5.52. The Morgan fingerprint density at radius 2 is 1.85 bits per heavy atom. The summed E-state index contributed by atoms with van der Waals surface area (Å²) in [7, 11) is 0. The predicted octanol–water partition coefficient (Wildman–Crippen LogP) is 4.12. The van der Waals surface area contributed by atoms with E-state index < -0.39 is 0 Å². The second-order valence-corrected chi connectivity index (χ2v) is 9.27. The highest BCUT2D eigenvalue weighted by Crippen LogP contribution is 2.42. The van der Waals surface area contributed by atoms with Gasteiger partial charge in [0.05, 0.1) is 12.2 Å². The van der Waals surface area contributed by atoms with E-state index in [0.29, 0.717) is 12.1 Å². The van der Waals surface area contributed by atoms with Crippen LogP contribution in [0.3, 0.4) is 0 Å². The van der Waals surface area contributed by atoms with Crippen LogP contribution in [-0.4, -0.2) is 64.1 Å². The number of aryl methyl sites for hydroxylation is 1. The van der Waals surface area contributed by atoms with Crippen molar-refractivity contribution in [2.45, 2.75) is 37.8 Å². The van der Waals surface area contributed by atoms with Crippen LogP contribution in [0.1, 0.15) is 40.2 Å². The molecule has 0 bridgehead atoms. The van der Waals surface area contributed by atoms with Crippen molar-refractivity contribution in [1.29, 1.82) is 0 Å². The molecule has 1 aromatic heterocycles. The lowest BCUT2D eigenvalue weighted by Gasteiger charge is -2.57. The molecule has 5 rings (SSSR count). The highest BCUT2D eigenvalue weighted by Gasteiger charge is 2.49. The monoisotopic (exact) mass is 441 g/mol. The van der Waals surface area contributed by atoms with E-state index in [1.165, 1.54) is 22.3 Å². The minimum atomic E-state index is 0.0472. The van der Waals surface area contributed by atoms with E-state index in [1.807, 2.05) is 17.0 Å². The van der Waals surface area contributed by atoms with Gasteiger partial charge < -0.3 is 10.0 Å². The number of rotatable bonds is 4. The number of fused-ring (bicyclic) bond motifs is 1. The summed E-state index contributed by atoms with van der Waals surface area (Å²) in [6, 6.07) is 21.3. The maximum Gasteiger partial charge on any atom is 0.255 e. The van der Waals surface area contributed by atoms with Gasteiger partial charge in [0.2, 0.25) is 0 Å². The topological polar surface area (TPSA) is 56.7 Å². The molecule has 2 aromatic carbocycles. The standard InChI is InChI=1S/C28H31N3O2/c1-20-6-4-7-23(16-20)21-9-11-22(12-10-21)27-25-18-30(28(33)24-8-5-13-29-17-24)14-2-3-15-31(25)26(27)19-32/h4-13,16-17,25-27,32H,2-3,14-15,18-19H2,1H3/t25-,26-,27-/m1/s1. The van der Waals surface area contributed by atoms with Gasteiger partial charge in [-0.1, -0.05) is 54.1 Å². The van der Waals surface area contributed by atoms with Gasteiger partial charge in [-0.05, 0) is 55.1 Å². The first-order valence-electron chi connectivity index (χ1n) is 11.9. The Kier molecular flexibility index (Phi) is 6.25. The molecule has 0 aliphatic carbocycles. The zero-order chi connectivity index (χ0) is 22.8. The average Bonchev–Trinajstić information content (AvgIpc) is 2.83. The molecule has 5 nitrogen and oxygen atoms in total. The van der Waals surface area contributed by atoms with E-state index in [2.05, 4.69) is 65.3 Å². The van der Waals surface area contributed by atoms with Crippen LogP contribution in [-0.2, 0) is 0 Å². The summed E-state index contributed by atoms with van der Waals surface area (Å²) in [5.41, 5.74) is 5.54. The van der Waals surface area contributed by atoms with Crippen LogP contribution < -0.4 is 0 Å². The average molecular weight is 442 g/mol. The lowest BCUT2D eigenvalue weighted by atomic mass is 9.74. The summed E-state index contributed by atoms with van der Waals surface area (Å²) in [4.78, 5) is 21.7. The third-order valence-electron chi connectivity index (χ3n) is 7.21. The van der Waals surface area contributed by atoms with Crippen LogP contribution in [0.4, 0.5) is 0 Å². The minimum absolute atomic E-state index is 0.0472. The first-order chi connectivity index (χ1) is 16.2. The Hall–Kier alpha value is -3.02. The number of pyridine rings is 1. The molecule has 0 spiro atoms. The van der Waals surface area contributed by atoms with Crippen molar-refractivity contribution >= 4 is 5.91 Å².